The van der Waals surface area contributed by atoms with Crippen molar-refractivity contribution in [2.24, 2.45) is 4.99 Å². The third kappa shape index (κ3) is 5.57. The zero-order chi connectivity index (χ0) is 15.8. The minimum atomic E-state index is -0.347. The number of benzene rings is 1. The van der Waals surface area contributed by atoms with Crippen LogP contribution in [0.15, 0.2) is 58.6 Å². The van der Waals surface area contributed by atoms with Gasteiger partial charge < -0.3 is 5.32 Å². The monoisotopic (exact) mass is 284 g/mol. The van der Waals surface area contributed by atoms with E-state index in [1.165, 1.54) is 12.2 Å². The fourth-order valence-corrected chi connectivity index (χ4v) is 1.64. The van der Waals surface area contributed by atoms with Gasteiger partial charge in [-0.1, -0.05) is 23.8 Å². The van der Waals surface area contributed by atoms with E-state index >= 15 is 0 Å². The largest absolute Gasteiger partial charge is 0.322 e. The number of carbonyl (C=O) groups is 2. The molecule has 0 atom stereocenters. The molecule has 0 bridgehead atoms. The Labute approximate surface area is 125 Å². The molecule has 0 spiro atoms. The first-order chi connectivity index (χ1) is 9.93. The summed E-state index contributed by atoms with van der Waals surface area (Å²) in [6.07, 6.45) is 2.80. The maximum atomic E-state index is 12.3. The third-order valence-corrected chi connectivity index (χ3v) is 2.72. The average molecular weight is 284 g/mol. The molecule has 1 aromatic carbocycles. The number of carbonyl (C=O) groups excluding carboxylic acids is 2. The smallest absolute Gasteiger partial charge is 0.257 e. The molecule has 0 aliphatic rings. The molecular weight excluding hydrogens is 264 g/mol. The number of hydrogen-bond acceptors (Lipinski definition) is 3. The Balaban J connectivity index is 3.03. The molecule has 0 aromatic heterocycles. The Kier molecular flexibility index (Phi) is 6.27. The number of ketones is 1. The van der Waals surface area contributed by atoms with Gasteiger partial charge in [0, 0.05) is 18.4 Å². The molecule has 21 heavy (non-hydrogen) atoms. The molecular formula is C17H20N2O2. The summed E-state index contributed by atoms with van der Waals surface area (Å²) in [6, 6.07) is 9.09. The number of nitrogens with one attached hydrogen (secondary N) is 1. The standard InChI is InChI=1S/C17H20N2O2/c1-12(2)10-15(20)11-16(13(3)18-4)17(21)19-14-8-6-5-7-9-14/h5-11H,1-4H3,(H,19,21)/b16-11+,18-13?. The Hall–Kier alpha value is -2.49. The van der Waals surface area contributed by atoms with Gasteiger partial charge in [0.05, 0.1) is 5.57 Å². The molecule has 0 fully saturated rings. The highest BCUT2D eigenvalue weighted by atomic mass is 16.2. The first-order valence-electron chi connectivity index (χ1n) is 6.64. The third-order valence-electron chi connectivity index (χ3n) is 2.72. The quantitative estimate of drug-likeness (QED) is 0.667. The van der Waals surface area contributed by atoms with Crippen LogP contribution in [0.3, 0.4) is 0 Å². The second-order valence-electron chi connectivity index (χ2n) is 4.81. The lowest BCUT2D eigenvalue weighted by atomic mass is 10.1. The van der Waals surface area contributed by atoms with Crippen LogP contribution in [0.1, 0.15) is 20.8 Å². The first-order valence-corrected chi connectivity index (χ1v) is 6.64. The van der Waals surface area contributed by atoms with Gasteiger partial charge >= 0.3 is 0 Å². The predicted octanol–water partition coefficient (Wildman–Crippen LogP) is 3.18. The Bertz CT molecular complexity index is 607. The summed E-state index contributed by atoms with van der Waals surface area (Å²) in [5.41, 5.74) is 2.33. The van der Waals surface area contributed by atoms with Gasteiger partial charge in [-0.25, -0.2) is 0 Å². The van der Waals surface area contributed by atoms with Crippen molar-refractivity contribution in [2.45, 2.75) is 20.8 Å². The summed E-state index contributed by atoms with van der Waals surface area (Å²) in [4.78, 5) is 28.2. The molecule has 1 N–H and O–H groups in total. The van der Waals surface area contributed by atoms with E-state index in [0.717, 1.165) is 5.57 Å². The number of amides is 1. The second kappa shape index (κ2) is 7.94. The van der Waals surface area contributed by atoms with Crippen molar-refractivity contribution in [3.05, 3.63) is 53.6 Å². The number of hydrogen-bond donors (Lipinski definition) is 1. The van der Waals surface area contributed by atoms with Crippen molar-refractivity contribution in [2.75, 3.05) is 12.4 Å². The van der Waals surface area contributed by atoms with E-state index in [-0.39, 0.29) is 17.3 Å². The summed E-state index contributed by atoms with van der Waals surface area (Å²) >= 11 is 0. The van der Waals surface area contributed by atoms with E-state index in [4.69, 9.17) is 0 Å². The lowest BCUT2D eigenvalue weighted by molar-refractivity contribution is -0.113. The first kappa shape index (κ1) is 16.6. The van der Waals surface area contributed by atoms with Gasteiger partial charge in [-0.05, 0) is 45.1 Å². The maximum Gasteiger partial charge on any atom is 0.257 e. The van der Waals surface area contributed by atoms with Crippen molar-refractivity contribution < 1.29 is 9.59 Å². The molecule has 0 aliphatic carbocycles. The summed E-state index contributed by atoms with van der Waals surface area (Å²) < 4.78 is 0. The van der Waals surface area contributed by atoms with Crippen LogP contribution in [0.2, 0.25) is 0 Å². The van der Waals surface area contributed by atoms with E-state index in [0.29, 0.717) is 11.4 Å². The lowest BCUT2D eigenvalue weighted by Gasteiger charge is -2.08. The summed E-state index contributed by atoms with van der Waals surface area (Å²) in [5, 5.41) is 2.75. The van der Waals surface area contributed by atoms with Crippen LogP contribution in [-0.2, 0) is 9.59 Å². The van der Waals surface area contributed by atoms with Gasteiger partial charge in [0.2, 0.25) is 0 Å². The van der Waals surface area contributed by atoms with Gasteiger partial charge in [0.25, 0.3) is 5.91 Å². The summed E-state index contributed by atoms with van der Waals surface area (Å²) in [5.74, 6) is -0.573. The van der Waals surface area contributed by atoms with Crippen LogP contribution in [0.5, 0.6) is 0 Å². The van der Waals surface area contributed by atoms with Crippen molar-refractivity contribution >= 4 is 23.1 Å². The minimum absolute atomic E-state index is 0.226. The highest BCUT2D eigenvalue weighted by molar-refractivity contribution is 6.27. The van der Waals surface area contributed by atoms with Crippen molar-refractivity contribution in [3.8, 4) is 0 Å². The van der Waals surface area contributed by atoms with Crippen LogP contribution in [0.25, 0.3) is 0 Å². The fraction of sp³-hybridized carbons (Fsp3) is 0.235. The van der Waals surface area contributed by atoms with Crippen molar-refractivity contribution in [1.82, 2.24) is 0 Å². The van der Waals surface area contributed by atoms with E-state index in [2.05, 4.69) is 10.3 Å². The number of allylic oxidation sites excluding steroid dienone is 3. The van der Waals surface area contributed by atoms with Crippen LogP contribution >= 0.6 is 0 Å². The number of nitrogens with zero attached hydrogens (tertiary/aromatic N) is 1. The zero-order valence-corrected chi connectivity index (χ0v) is 12.8. The molecule has 0 saturated carbocycles. The molecule has 4 nitrogen and oxygen atoms in total. The van der Waals surface area contributed by atoms with E-state index in [1.54, 1.807) is 26.1 Å². The highest BCUT2D eigenvalue weighted by Gasteiger charge is 2.14. The molecule has 0 unspecified atom stereocenters. The SMILES string of the molecule is CN=C(C)/C(=C\C(=O)C=C(C)C)C(=O)Nc1ccccc1. The topological polar surface area (TPSA) is 58.5 Å². The number of rotatable bonds is 5. The molecule has 0 saturated heterocycles. The molecule has 0 aliphatic heterocycles. The van der Waals surface area contributed by atoms with Crippen molar-refractivity contribution in [3.63, 3.8) is 0 Å². The van der Waals surface area contributed by atoms with Crippen LogP contribution in [0.4, 0.5) is 5.69 Å². The minimum Gasteiger partial charge on any atom is -0.322 e. The number of aliphatic imine (C=N–C) groups is 1. The van der Waals surface area contributed by atoms with Crippen LogP contribution < -0.4 is 5.32 Å². The molecule has 0 radical (unpaired) electrons. The van der Waals surface area contributed by atoms with E-state index in [9.17, 15) is 9.59 Å². The molecule has 0 heterocycles. The summed E-state index contributed by atoms with van der Waals surface area (Å²) in [7, 11) is 1.59. The maximum absolute atomic E-state index is 12.3. The second-order valence-corrected chi connectivity index (χ2v) is 4.81. The lowest BCUT2D eigenvalue weighted by Crippen LogP contribution is -2.20. The number of anilines is 1. The highest BCUT2D eigenvalue weighted by Crippen LogP contribution is 2.09. The van der Waals surface area contributed by atoms with E-state index < -0.39 is 0 Å². The Morgan fingerprint density at radius 1 is 1.05 bits per heavy atom. The zero-order valence-electron chi connectivity index (χ0n) is 12.8. The normalized spacial score (nSPS) is 11.8. The Morgan fingerprint density at radius 3 is 2.19 bits per heavy atom. The molecule has 1 aromatic rings. The average Bonchev–Trinajstić information content (AvgIpc) is 2.44. The van der Waals surface area contributed by atoms with Crippen LogP contribution in [-0.4, -0.2) is 24.4 Å². The molecule has 1 rings (SSSR count). The number of para-hydroxylation sites is 1. The van der Waals surface area contributed by atoms with Gasteiger partial charge in [0.15, 0.2) is 5.78 Å². The van der Waals surface area contributed by atoms with Crippen molar-refractivity contribution in [1.29, 1.82) is 0 Å². The Morgan fingerprint density at radius 2 is 1.67 bits per heavy atom. The summed E-state index contributed by atoms with van der Waals surface area (Å²) in [6.45, 7) is 5.36. The molecule has 110 valence electrons. The van der Waals surface area contributed by atoms with E-state index in [1.807, 2.05) is 32.0 Å². The molecule has 4 heteroatoms. The van der Waals surface area contributed by atoms with Gasteiger partial charge in [-0.15, -0.1) is 0 Å². The fourth-order valence-electron chi connectivity index (χ4n) is 1.64. The van der Waals surface area contributed by atoms with Crippen LogP contribution in [0, 0.1) is 0 Å². The molecule has 1 amide bonds. The predicted molar refractivity (Wildman–Crippen MR) is 86.6 cm³/mol. The van der Waals surface area contributed by atoms with Gasteiger partial charge in [0.1, 0.15) is 0 Å². The van der Waals surface area contributed by atoms with Gasteiger partial charge in [-0.3, -0.25) is 14.6 Å². The van der Waals surface area contributed by atoms with Gasteiger partial charge in [-0.2, -0.15) is 0 Å².